The second-order valence-electron chi connectivity index (χ2n) is 6.15. The van der Waals surface area contributed by atoms with E-state index in [-0.39, 0.29) is 0 Å². The first-order valence-electron chi connectivity index (χ1n) is 7.87. The highest BCUT2D eigenvalue weighted by molar-refractivity contribution is 7.65. The Morgan fingerprint density at radius 2 is 1.22 bits per heavy atom. The van der Waals surface area contributed by atoms with Gasteiger partial charge in [-0.05, 0) is 19.5 Å². The summed E-state index contributed by atoms with van der Waals surface area (Å²) in [5.74, 6) is 0. The number of benzene rings is 2. The van der Waals surface area contributed by atoms with Gasteiger partial charge in [0.15, 0.2) is 7.11 Å². The van der Waals surface area contributed by atoms with Crippen molar-refractivity contribution >= 4 is 35.3 Å². The van der Waals surface area contributed by atoms with Crippen molar-refractivity contribution in [3.8, 4) is 0 Å². The monoisotopic (exact) mass is 358 g/mol. The molecule has 0 heterocycles. The smallest absolute Gasteiger partial charge is 0.348 e. The lowest BCUT2D eigenvalue weighted by Crippen LogP contribution is -2.79. The molecule has 23 heavy (non-hydrogen) atoms. The molecule has 0 saturated heterocycles. The molecule has 2 aromatic rings. The third kappa shape index (κ3) is 3.34. The predicted molar refractivity (Wildman–Crippen MR) is 107 cm³/mol. The molecule has 0 saturated carbocycles. The van der Waals surface area contributed by atoms with E-state index in [9.17, 15) is 0 Å². The molecular weight excluding hydrogens is 332 g/mol. The molecule has 0 aliphatic heterocycles. The van der Waals surface area contributed by atoms with Crippen LogP contribution in [0.4, 0.5) is 0 Å². The van der Waals surface area contributed by atoms with E-state index in [2.05, 4.69) is 80.2 Å². The van der Waals surface area contributed by atoms with Crippen LogP contribution >= 0.6 is 0 Å². The van der Waals surface area contributed by atoms with Crippen molar-refractivity contribution in [2.45, 2.75) is 13.8 Å². The van der Waals surface area contributed by atoms with E-state index in [1.54, 1.807) is 0 Å². The van der Waals surface area contributed by atoms with Gasteiger partial charge in [-0.25, -0.2) is 0 Å². The van der Waals surface area contributed by atoms with Gasteiger partial charge >= 0.3 is 8.08 Å². The van der Waals surface area contributed by atoms with Gasteiger partial charge in [-0.1, -0.05) is 76.6 Å². The van der Waals surface area contributed by atoms with Crippen molar-refractivity contribution in [2.75, 3.05) is 14.2 Å². The molecule has 0 radical (unpaired) electrons. The van der Waals surface area contributed by atoms with Gasteiger partial charge in [0.1, 0.15) is 0 Å². The van der Waals surface area contributed by atoms with E-state index in [0.29, 0.717) is 0 Å². The summed E-state index contributed by atoms with van der Waals surface area (Å²) in [6, 6.07) is 21.7. The lowest BCUT2D eigenvalue weighted by Gasteiger charge is -2.41. The fourth-order valence-corrected chi connectivity index (χ4v) is 22.9. The molecule has 0 N–H and O–H groups in total. The largest absolute Gasteiger partial charge is 0.397 e. The molecule has 0 amide bonds. The number of hydrogen-bond donors (Lipinski definition) is 0. The molecule has 122 valence electrons. The zero-order valence-corrected chi connectivity index (χ0v) is 18.7. The number of rotatable bonds is 6. The van der Waals surface area contributed by atoms with Crippen molar-refractivity contribution in [3.05, 3.63) is 71.9 Å². The van der Waals surface area contributed by atoms with Crippen molar-refractivity contribution in [1.29, 1.82) is 0 Å². The lowest BCUT2D eigenvalue weighted by molar-refractivity contribution is 0.277. The van der Waals surface area contributed by atoms with Crippen LogP contribution in [0.15, 0.2) is 71.9 Å². The van der Waals surface area contributed by atoms with E-state index in [0.717, 1.165) is 9.76 Å². The fraction of sp³-hybridized carbons (Fsp3) is 0.222. The van der Waals surface area contributed by atoms with Crippen LogP contribution in [-0.4, -0.2) is 39.2 Å². The van der Waals surface area contributed by atoms with E-state index in [4.69, 9.17) is 8.85 Å². The molecule has 2 aromatic carbocycles. The molecule has 0 unspecified atom stereocenters. The standard InChI is InChI=1S/C18H26O2Si3/c1-16(2)15-22(19-3,20-4)23(21,17-11-7-5-8-12-17)18-13-9-6-10-14-18/h5-15H,1-4,21H3. The van der Waals surface area contributed by atoms with Crippen molar-refractivity contribution < 1.29 is 8.85 Å². The molecule has 5 heteroatoms. The quantitative estimate of drug-likeness (QED) is 0.728. The maximum absolute atomic E-state index is 6.21. The van der Waals surface area contributed by atoms with Gasteiger partial charge in [0, 0.05) is 24.0 Å². The highest BCUT2D eigenvalue weighted by Crippen LogP contribution is 2.22. The van der Waals surface area contributed by atoms with Gasteiger partial charge in [0.25, 0.3) is 0 Å². The average Bonchev–Trinajstić information content (AvgIpc) is 2.60. The van der Waals surface area contributed by atoms with Crippen LogP contribution in [0.2, 0.25) is 0 Å². The van der Waals surface area contributed by atoms with E-state index >= 15 is 0 Å². The molecule has 0 fully saturated rings. The Balaban J connectivity index is 2.79. The molecule has 0 aliphatic carbocycles. The Morgan fingerprint density at radius 1 is 0.826 bits per heavy atom. The first kappa shape index (κ1) is 18.1. The summed E-state index contributed by atoms with van der Waals surface area (Å²) >= 11 is 0. The summed E-state index contributed by atoms with van der Waals surface area (Å²) in [5, 5.41) is 2.82. The highest BCUT2D eigenvalue weighted by Gasteiger charge is 2.56. The molecule has 0 aliphatic rings. The molecule has 0 bridgehead atoms. The topological polar surface area (TPSA) is 18.5 Å². The van der Waals surface area contributed by atoms with Gasteiger partial charge in [0.2, 0.25) is 0 Å². The SMILES string of the molecule is CO[Si](C=C(C)C)(OC)[Si]([SiH3])(c1ccccc1)c1ccccc1. The first-order valence-corrected chi connectivity index (χ1v) is 16.3. The summed E-state index contributed by atoms with van der Waals surface area (Å²) in [4.78, 5) is 0. The number of allylic oxidation sites excluding steroid dienone is 1. The second-order valence-corrected chi connectivity index (χ2v) is 24.6. The third-order valence-electron chi connectivity index (χ3n) is 4.48. The molecule has 0 aromatic heterocycles. The van der Waals surface area contributed by atoms with Crippen LogP contribution in [0.5, 0.6) is 0 Å². The normalized spacial score (nSPS) is 12.2. The minimum atomic E-state index is -2.50. The van der Waals surface area contributed by atoms with Crippen LogP contribution in [0.25, 0.3) is 0 Å². The Kier molecular flexibility index (Phi) is 5.94. The summed E-state index contributed by atoms with van der Waals surface area (Å²) in [5.41, 5.74) is 3.56. The van der Waals surface area contributed by atoms with Crippen molar-refractivity contribution in [1.82, 2.24) is 0 Å². The maximum atomic E-state index is 6.21. The van der Waals surface area contributed by atoms with Crippen LogP contribution in [-0.2, 0) is 8.85 Å². The Morgan fingerprint density at radius 3 is 1.52 bits per heavy atom. The molecule has 0 spiro atoms. The van der Waals surface area contributed by atoms with Crippen LogP contribution in [0.3, 0.4) is 0 Å². The third-order valence-corrected chi connectivity index (χ3v) is 28.3. The Labute approximate surface area is 144 Å². The van der Waals surface area contributed by atoms with Gasteiger partial charge in [-0.3, -0.25) is 0 Å². The summed E-state index contributed by atoms with van der Waals surface area (Å²) in [6.07, 6.45) is 0. The van der Waals surface area contributed by atoms with Gasteiger partial charge in [0.05, 0.1) is 0 Å². The van der Waals surface area contributed by atoms with Gasteiger partial charge < -0.3 is 8.85 Å². The Bertz CT molecular complexity index is 609. The van der Waals surface area contributed by atoms with Crippen molar-refractivity contribution in [3.63, 3.8) is 0 Å². The number of hydrogen-bond acceptors (Lipinski definition) is 2. The van der Waals surface area contributed by atoms with Crippen LogP contribution in [0, 0.1) is 0 Å². The lowest BCUT2D eigenvalue weighted by atomic mass is 10.4. The van der Waals surface area contributed by atoms with E-state index in [1.807, 2.05) is 14.2 Å². The van der Waals surface area contributed by atoms with Gasteiger partial charge in [-0.15, -0.1) is 0 Å². The summed E-state index contributed by atoms with van der Waals surface area (Å²) in [7, 11) is 0.0812. The molecular formula is C18H26O2Si3. The zero-order chi connectivity index (χ0) is 16.9. The second kappa shape index (κ2) is 7.55. The van der Waals surface area contributed by atoms with Crippen LogP contribution < -0.4 is 10.4 Å². The van der Waals surface area contributed by atoms with Gasteiger partial charge in [-0.2, -0.15) is 0 Å². The Hall–Kier alpha value is -1.25. The maximum Gasteiger partial charge on any atom is 0.348 e. The van der Waals surface area contributed by atoms with Crippen LogP contribution in [0.1, 0.15) is 13.8 Å². The molecule has 2 nitrogen and oxygen atoms in total. The summed E-state index contributed by atoms with van der Waals surface area (Å²) < 4.78 is 12.4. The zero-order valence-electron chi connectivity index (χ0n) is 14.7. The minimum absolute atomic E-state index is 1.03. The molecule has 0 atom stereocenters. The predicted octanol–water partition coefficient (Wildman–Crippen LogP) is 1.43. The summed E-state index contributed by atoms with van der Waals surface area (Å²) in [6.45, 7) is 4.26. The fourth-order valence-electron chi connectivity index (χ4n) is 3.25. The minimum Gasteiger partial charge on any atom is -0.397 e. The van der Waals surface area contributed by atoms with E-state index < -0.39 is 15.2 Å². The molecule has 2 rings (SSSR count). The average molecular weight is 359 g/mol. The van der Waals surface area contributed by atoms with Crippen molar-refractivity contribution in [2.24, 2.45) is 0 Å². The highest BCUT2D eigenvalue weighted by atomic mass is 29.6. The first-order chi connectivity index (χ1) is 11.0. The van der Waals surface area contributed by atoms with E-state index in [1.165, 1.54) is 15.9 Å².